The molecule has 0 aromatic heterocycles. The van der Waals surface area contributed by atoms with E-state index in [1.54, 1.807) is 0 Å². The third-order valence-corrected chi connectivity index (χ3v) is 12.9. The summed E-state index contributed by atoms with van der Waals surface area (Å²) in [6, 6.07) is 18.3. The summed E-state index contributed by atoms with van der Waals surface area (Å²) in [5, 5.41) is 5.47. The molecule has 0 bridgehead atoms. The molecule has 3 aliphatic heterocycles. The normalized spacial score (nSPS) is 16.8. The molecule has 3 heterocycles. The Morgan fingerprint density at radius 2 is 1.77 bits per heavy atom. The Morgan fingerprint density at radius 1 is 0.975 bits per heavy atom. The van der Waals surface area contributed by atoms with Gasteiger partial charge in [0.15, 0.2) is 0 Å². The maximum Gasteiger partial charge on any atom is 0.254 e. The van der Waals surface area contributed by atoms with Gasteiger partial charge in [-0.2, -0.15) is 0 Å². The van der Waals surface area contributed by atoms with Crippen molar-refractivity contribution < 1.29 is 4.79 Å². The van der Waals surface area contributed by atoms with E-state index in [1.165, 1.54) is 55.3 Å². The summed E-state index contributed by atoms with van der Waals surface area (Å²) in [5.74, 6) is 0.116. The van der Waals surface area contributed by atoms with Crippen molar-refractivity contribution in [3.63, 3.8) is 0 Å². The van der Waals surface area contributed by atoms with E-state index >= 15 is 0 Å². The smallest absolute Gasteiger partial charge is 0.254 e. The number of rotatable bonds is 6. The number of carbonyl (C=O) groups excluding carboxylic acids is 1. The highest BCUT2D eigenvalue weighted by molar-refractivity contribution is 7.01. The third kappa shape index (κ3) is 4.43. The van der Waals surface area contributed by atoms with E-state index in [4.69, 9.17) is 4.99 Å². The Bertz CT molecular complexity index is 1610. The Labute approximate surface area is 240 Å². The van der Waals surface area contributed by atoms with E-state index in [0.29, 0.717) is 0 Å². The van der Waals surface area contributed by atoms with Crippen molar-refractivity contribution in [2.24, 2.45) is 4.99 Å². The maximum absolute atomic E-state index is 13.9. The number of hydrogen-bond donors (Lipinski definition) is 0. The molecule has 0 N–H and O–H groups in total. The SMILES string of the molecule is CCCCN(C)C(=O)c1ccccc1C1=c2cc3c(cc2[Si](C)(C)c2cc4c(cc21)CCCN4CC)=NCCC3. The van der Waals surface area contributed by atoms with Crippen LogP contribution in [0, 0.1) is 0 Å². The minimum Gasteiger partial charge on any atom is -0.372 e. The molecule has 0 saturated carbocycles. The summed E-state index contributed by atoms with van der Waals surface area (Å²) in [4.78, 5) is 23.3. The summed E-state index contributed by atoms with van der Waals surface area (Å²) >= 11 is 0. The van der Waals surface area contributed by atoms with Crippen LogP contribution in [0.4, 0.5) is 5.69 Å². The summed E-state index contributed by atoms with van der Waals surface area (Å²) in [7, 11) is -0.104. The lowest BCUT2D eigenvalue weighted by Crippen LogP contribution is -2.64. The second-order valence-corrected chi connectivity index (χ2v) is 16.7. The van der Waals surface area contributed by atoms with E-state index in [2.05, 4.69) is 68.2 Å². The second-order valence-electron chi connectivity index (χ2n) is 12.3. The standard InChI is InChI=1S/C35H43N3OSi/c1-6-8-18-37(3)35(39)27-16-10-9-15-26(27)34-28-20-24-13-11-17-36-30(24)22-32(28)40(4,5)33-23-31-25(21-29(33)34)14-12-19-38(31)7-2/h9-10,15-16,20-23H,6-8,11-14,17-19H2,1-5H3. The first-order valence-electron chi connectivity index (χ1n) is 15.3. The quantitative estimate of drug-likeness (QED) is 0.431. The largest absolute Gasteiger partial charge is 0.372 e. The zero-order chi connectivity index (χ0) is 28.0. The molecule has 0 saturated heterocycles. The van der Waals surface area contributed by atoms with Gasteiger partial charge in [0.05, 0.1) is 5.36 Å². The predicted octanol–water partition coefficient (Wildman–Crippen LogP) is 4.28. The first kappa shape index (κ1) is 27.0. The zero-order valence-corrected chi connectivity index (χ0v) is 25.9. The topological polar surface area (TPSA) is 35.9 Å². The van der Waals surface area contributed by atoms with Crippen molar-refractivity contribution in [3.05, 3.63) is 86.9 Å². The molecule has 1 amide bonds. The fraction of sp³-hybridized carbons (Fsp3) is 0.429. The Balaban J connectivity index is 1.68. The van der Waals surface area contributed by atoms with Crippen LogP contribution in [0.1, 0.15) is 72.1 Å². The van der Waals surface area contributed by atoms with Gasteiger partial charge in [0.2, 0.25) is 0 Å². The molecule has 40 heavy (non-hydrogen) atoms. The minimum absolute atomic E-state index is 0.116. The van der Waals surface area contributed by atoms with Gasteiger partial charge in [-0.25, -0.2) is 0 Å². The van der Waals surface area contributed by atoms with Crippen molar-refractivity contribution in [3.8, 4) is 0 Å². The van der Waals surface area contributed by atoms with E-state index < -0.39 is 8.07 Å². The van der Waals surface area contributed by atoms with Crippen LogP contribution >= 0.6 is 0 Å². The molecule has 0 spiro atoms. The summed E-state index contributed by atoms with van der Waals surface area (Å²) < 4.78 is 0. The average molecular weight is 550 g/mol. The van der Waals surface area contributed by atoms with Crippen LogP contribution in [0.25, 0.3) is 5.57 Å². The average Bonchev–Trinajstić information content (AvgIpc) is 2.98. The van der Waals surface area contributed by atoms with E-state index in [0.717, 1.165) is 69.4 Å². The second kappa shape index (κ2) is 10.7. The maximum atomic E-state index is 13.9. The fourth-order valence-electron chi connectivity index (χ4n) is 7.10. The van der Waals surface area contributed by atoms with Gasteiger partial charge in [-0.1, -0.05) is 44.6 Å². The molecular weight excluding hydrogens is 506 g/mol. The predicted molar refractivity (Wildman–Crippen MR) is 170 cm³/mol. The lowest BCUT2D eigenvalue weighted by atomic mass is 9.87. The van der Waals surface area contributed by atoms with Crippen LogP contribution < -0.4 is 25.8 Å². The molecular formula is C35H43N3OSi. The molecule has 6 rings (SSSR count). The molecule has 3 aromatic rings. The number of nitrogens with zero attached hydrogens (tertiary/aromatic N) is 3. The monoisotopic (exact) mass is 549 g/mol. The van der Waals surface area contributed by atoms with E-state index in [1.807, 2.05) is 24.1 Å². The fourth-order valence-corrected chi connectivity index (χ4v) is 10.1. The molecule has 0 aliphatic carbocycles. The summed E-state index contributed by atoms with van der Waals surface area (Å²) in [6.45, 7) is 13.3. The van der Waals surface area contributed by atoms with Gasteiger partial charge >= 0.3 is 0 Å². The Kier molecular flexibility index (Phi) is 7.20. The van der Waals surface area contributed by atoms with Crippen molar-refractivity contribution in [2.45, 2.75) is 65.5 Å². The van der Waals surface area contributed by atoms with E-state index in [-0.39, 0.29) is 5.91 Å². The number of anilines is 1. The van der Waals surface area contributed by atoms with Crippen molar-refractivity contribution in [2.75, 3.05) is 38.1 Å². The molecule has 0 radical (unpaired) electrons. The van der Waals surface area contributed by atoms with Gasteiger partial charge in [0.1, 0.15) is 8.07 Å². The lowest BCUT2D eigenvalue weighted by Gasteiger charge is -2.38. The number of amides is 1. The number of carbonyl (C=O) groups is 1. The first-order valence-corrected chi connectivity index (χ1v) is 18.3. The third-order valence-electron chi connectivity index (χ3n) is 9.43. The van der Waals surface area contributed by atoms with Crippen LogP contribution in [0.15, 0.2) is 53.5 Å². The van der Waals surface area contributed by atoms with Gasteiger partial charge in [0.25, 0.3) is 5.91 Å². The van der Waals surface area contributed by atoms with Crippen LogP contribution in [-0.2, 0) is 12.8 Å². The molecule has 3 aliphatic rings. The molecule has 0 atom stereocenters. The molecule has 4 nitrogen and oxygen atoms in total. The highest BCUT2D eigenvalue weighted by Crippen LogP contribution is 2.34. The lowest BCUT2D eigenvalue weighted by molar-refractivity contribution is 0.0793. The summed E-state index contributed by atoms with van der Waals surface area (Å²) in [5.41, 5.74) is 8.70. The highest BCUT2D eigenvalue weighted by Gasteiger charge is 2.38. The number of benzene rings is 3. The zero-order valence-electron chi connectivity index (χ0n) is 24.9. The van der Waals surface area contributed by atoms with Gasteiger partial charge in [-0.05, 0) is 113 Å². The number of hydrogen-bond acceptors (Lipinski definition) is 3. The molecule has 0 fully saturated rings. The van der Waals surface area contributed by atoms with Crippen molar-refractivity contribution in [1.82, 2.24) is 4.90 Å². The Morgan fingerprint density at radius 3 is 2.58 bits per heavy atom. The molecule has 3 aromatic carbocycles. The highest BCUT2D eigenvalue weighted by atomic mass is 28.3. The first-order chi connectivity index (χ1) is 19.3. The van der Waals surface area contributed by atoms with Crippen LogP contribution in [0.5, 0.6) is 0 Å². The number of unbranched alkanes of at least 4 members (excludes halogenated alkanes) is 1. The van der Waals surface area contributed by atoms with E-state index in [9.17, 15) is 4.79 Å². The number of fused-ring (bicyclic) bond motifs is 4. The van der Waals surface area contributed by atoms with Crippen molar-refractivity contribution >= 4 is 35.6 Å². The van der Waals surface area contributed by atoms with Crippen LogP contribution in [0.2, 0.25) is 13.1 Å². The van der Waals surface area contributed by atoms with Crippen molar-refractivity contribution in [1.29, 1.82) is 0 Å². The molecule has 5 heteroatoms. The van der Waals surface area contributed by atoms with Gasteiger partial charge < -0.3 is 9.80 Å². The van der Waals surface area contributed by atoms with Crippen LogP contribution in [0.3, 0.4) is 0 Å². The number of aryl methyl sites for hydroxylation is 2. The van der Waals surface area contributed by atoms with Gasteiger partial charge in [-0.15, -0.1) is 0 Å². The minimum atomic E-state index is -2.05. The Hall–Kier alpha value is -3.18. The van der Waals surface area contributed by atoms with Gasteiger partial charge in [0, 0.05) is 44.5 Å². The molecule has 0 unspecified atom stereocenters. The molecule has 208 valence electrons. The van der Waals surface area contributed by atoms with Gasteiger partial charge in [-0.3, -0.25) is 9.79 Å². The summed E-state index contributed by atoms with van der Waals surface area (Å²) in [6.07, 6.45) is 6.58. The van der Waals surface area contributed by atoms with Crippen LogP contribution in [-0.4, -0.2) is 52.1 Å².